The van der Waals surface area contributed by atoms with Crippen LogP contribution < -0.4 is 5.32 Å². The molecule has 1 saturated heterocycles. The van der Waals surface area contributed by atoms with E-state index in [4.69, 9.17) is 9.47 Å². The van der Waals surface area contributed by atoms with Crippen LogP contribution in [0.1, 0.15) is 18.4 Å². The fourth-order valence-corrected chi connectivity index (χ4v) is 2.66. The van der Waals surface area contributed by atoms with Crippen LogP contribution in [0.15, 0.2) is 24.5 Å². The molecule has 2 heterocycles. The summed E-state index contributed by atoms with van der Waals surface area (Å²) in [6.07, 6.45) is 3.70. The predicted molar refractivity (Wildman–Crippen MR) is 87.1 cm³/mol. The lowest BCUT2D eigenvalue weighted by molar-refractivity contribution is 0.0897. The smallest absolute Gasteiger partial charge is 0.137 e. The molecule has 0 aliphatic carbocycles. The van der Waals surface area contributed by atoms with Crippen molar-refractivity contribution < 1.29 is 9.47 Å². The zero-order chi connectivity index (χ0) is 15.2. The van der Waals surface area contributed by atoms with Crippen LogP contribution in [0, 0.1) is 12.8 Å². The molecule has 3 rings (SSSR count). The van der Waals surface area contributed by atoms with E-state index in [1.54, 1.807) is 6.33 Å². The summed E-state index contributed by atoms with van der Waals surface area (Å²) in [5.41, 5.74) is 2.19. The lowest BCUT2D eigenvalue weighted by Crippen LogP contribution is -2.12. The van der Waals surface area contributed by atoms with Gasteiger partial charge in [0.15, 0.2) is 0 Å². The maximum atomic E-state index is 5.71. The molecule has 0 saturated carbocycles. The maximum Gasteiger partial charge on any atom is 0.137 e. The van der Waals surface area contributed by atoms with Gasteiger partial charge in [-0.05, 0) is 31.9 Å². The second-order valence-electron chi connectivity index (χ2n) is 5.83. The molecule has 0 radical (unpaired) electrons. The highest BCUT2D eigenvalue weighted by Crippen LogP contribution is 2.20. The summed E-state index contributed by atoms with van der Waals surface area (Å²) in [6.45, 7) is 6.25. The Bertz CT molecular complexity index is 612. The third kappa shape index (κ3) is 3.93. The Hall–Kier alpha value is -1.72. The zero-order valence-corrected chi connectivity index (χ0v) is 13.0. The van der Waals surface area contributed by atoms with Crippen LogP contribution in [0.4, 0.5) is 5.82 Å². The largest absolute Gasteiger partial charge is 0.381 e. The number of aromatic nitrogens is 2. The highest BCUT2D eigenvalue weighted by Gasteiger charge is 2.15. The molecule has 1 atom stereocenters. The minimum absolute atomic E-state index is 0.585. The van der Waals surface area contributed by atoms with E-state index in [-0.39, 0.29) is 0 Å². The monoisotopic (exact) mass is 301 g/mol. The lowest BCUT2D eigenvalue weighted by Gasteiger charge is -2.10. The molecule has 22 heavy (non-hydrogen) atoms. The standard InChI is InChI=1S/C17H23N3O2/c1-13-3-4-16-15(9-13)17(20-12-19-16)18-6-2-7-21-10-14-5-8-22-11-14/h3-4,9,12,14H,2,5-8,10-11H2,1H3,(H,18,19,20). The van der Waals surface area contributed by atoms with Crippen molar-refractivity contribution in [2.24, 2.45) is 5.92 Å². The van der Waals surface area contributed by atoms with Gasteiger partial charge in [0, 0.05) is 31.1 Å². The van der Waals surface area contributed by atoms with Crippen molar-refractivity contribution in [1.29, 1.82) is 0 Å². The van der Waals surface area contributed by atoms with E-state index in [1.165, 1.54) is 5.56 Å². The van der Waals surface area contributed by atoms with Crippen molar-refractivity contribution in [3.63, 3.8) is 0 Å². The summed E-state index contributed by atoms with van der Waals surface area (Å²) in [5.74, 6) is 1.49. The number of nitrogens with one attached hydrogen (secondary N) is 1. The van der Waals surface area contributed by atoms with Crippen molar-refractivity contribution in [2.45, 2.75) is 19.8 Å². The number of aryl methyl sites for hydroxylation is 1. The molecule has 1 unspecified atom stereocenters. The van der Waals surface area contributed by atoms with E-state index in [0.717, 1.165) is 62.5 Å². The van der Waals surface area contributed by atoms with Gasteiger partial charge in [-0.1, -0.05) is 11.6 Å². The van der Waals surface area contributed by atoms with E-state index < -0.39 is 0 Å². The first-order valence-electron chi connectivity index (χ1n) is 7.93. The lowest BCUT2D eigenvalue weighted by atomic mass is 10.1. The Morgan fingerprint density at radius 3 is 3.18 bits per heavy atom. The third-order valence-electron chi connectivity index (χ3n) is 3.93. The highest BCUT2D eigenvalue weighted by atomic mass is 16.5. The summed E-state index contributed by atoms with van der Waals surface area (Å²) in [5, 5.41) is 4.46. The molecule has 0 bridgehead atoms. The Kier molecular flexibility index (Phi) is 5.19. The molecule has 0 amide bonds. The minimum atomic E-state index is 0.585. The van der Waals surface area contributed by atoms with Gasteiger partial charge in [0.25, 0.3) is 0 Å². The van der Waals surface area contributed by atoms with Gasteiger partial charge >= 0.3 is 0 Å². The van der Waals surface area contributed by atoms with Gasteiger partial charge in [-0.25, -0.2) is 9.97 Å². The molecule has 2 aromatic rings. The molecule has 1 N–H and O–H groups in total. The number of anilines is 1. The van der Waals surface area contributed by atoms with Gasteiger partial charge in [0.2, 0.25) is 0 Å². The fraction of sp³-hybridized carbons (Fsp3) is 0.529. The molecule has 5 nitrogen and oxygen atoms in total. The number of rotatable bonds is 7. The first-order valence-corrected chi connectivity index (χ1v) is 7.93. The molecule has 1 aromatic heterocycles. The number of hydrogen-bond donors (Lipinski definition) is 1. The highest BCUT2D eigenvalue weighted by molar-refractivity contribution is 5.89. The molecular formula is C17H23N3O2. The van der Waals surface area contributed by atoms with E-state index in [0.29, 0.717) is 5.92 Å². The summed E-state index contributed by atoms with van der Waals surface area (Å²) < 4.78 is 11.0. The summed E-state index contributed by atoms with van der Waals surface area (Å²) >= 11 is 0. The number of hydrogen-bond acceptors (Lipinski definition) is 5. The van der Waals surface area contributed by atoms with Crippen LogP contribution in [0.3, 0.4) is 0 Å². The molecule has 118 valence electrons. The van der Waals surface area contributed by atoms with Crippen LogP contribution in [-0.2, 0) is 9.47 Å². The third-order valence-corrected chi connectivity index (χ3v) is 3.93. The molecular weight excluding hydrogens is 278 g/mol. The average Bonchev–Trinajstić information content (AvgIpc) is 3.04. The van der Waals surface area contributed by atoms with E-state index in [1.807, 2.05) is 6.07 Å². The summed E-state index contributed by atoms with van der Waals surface area (Å²) in [7, 11) is 0. The number of benzene rings is 1. The average molecular weight is 301 g/mol. The second-order valence-corrected chi connectivity index (χ2v) is 5.83. The Balaban J connectivity index is 1.44. The van der Waals surface area contributed by atoms with Crippen LogP contribution in [0.5, 0.6) is 0 Å². The Morgan fingerprint density at radius 2 is 2.32 bits per heavy atom. The van der Waals surface area contributed by atoms with Crippen LogP contribution in [-0.4, -0.2) is 42.9 Å². The van der Waals surface area contributed by atoms with Crippen LogP contribution in [0.25, 0.3) is 10.9 Å². The van der Waals surface area contributed by atoms with E-state index >= 15 is 0 Å². The number of fused-ring (bicyclic) bond motifs is 1. The Morgan fingerprint density at radius 1 is 1.36 bits per heavy atom. The van der Waals surface area contributed by atoms with Crippen molar-refractivity contribution in [2.75, 3.05) is 38.3 Å². The maximum absolute atomic E-state index is 5.71. The topological polar surface area (TPSA) is 56.3 Å². The summed E-state index contributed by atoms with van der Waals surface area (Å²) in [6, 6.07) is 6.22. The quantitative estimate of drug-likeness (QED) is 0.797. The summed E-state index contributed by atoms with van der Waals surface area (Å²) in [4.78, 5) is 8.65. The predicted octanol–water partition coefficient (Wildman–Crippen LogP) is 2.79. The number of nitrogens with zero attached hydrogens (tertiary/aromatic N) is 2. The molecule has 1 fully saturated rings. The van der Waals surface area contributed by atoms with Gasteiger partial charge in [-0.15, -0.1) is 0 Å². The van der Waals surface area contributed by atoms with Crippen molar-refractivity contribution in [1.82, 2.24) is 9.97 Å². The van der Waals surface area contributed by atoms with Gasteiger partial charge < -0.3 is 14.8 Å². The normalized spacial score (nSPS) is 18.0. The van der Waals surface area contributed by atoms with Gasteiger partial charge in [-0.3, -0.25) is 0 Å². The van der Waals surface area contributed by atoms with Gasteiger partial charge in [0.05, 0.1) is 18.7 Å². The Labute approximate surface area is 131 Å². The van der Waals surface area contributed by atoms with E-state index in [2.05, 4.69) is 34.3 Å². The van der Waals surface area contributed by atoms with E-state index in [9.17, 15) is 0 Å². The number of ether oxygens (including phenoxy) is 2. The first-order chi connectivity index (χ1) is 10.8. The minimum Gasteiger partial charge on any atom is -0.381 e. The van der Waals surface area contributed by atoms with Crippen molar-refractivity contribution in [3.8, 4) is 0 Å². The van der Waals surface area contributed by atoms with Gasteiger partial charge in [0.1, 0.15) is 12.1 Å². The molecule has 1 aliphatic rings. The fourth-order valence-electron chi connectivity index (χ4n) is 2.66. The SMILES string of the molecule is Cc1ccc2ncnc(NCCCOCC3CCOC3)c2c1. The molecule has 5 heteroatoms. The molecule has 0 spiro atoms. The van der Waals surface area contributed by atoms with Crippen LogP contribution >= 0.6 is 0 Å². The van der Waals surface area contributed by atoms with Gasteiger partial charge in [-0.2, -0.15) is 0 Å². The first kappa shape index (κ1) is 15.2. The molecule has 1 aliphatic heterocycles. The van der Waals surface area contributed by atoms with Crippen molar-refractivity contribution >= 4 is 16.7 Å². The van der Waals surface area contributed by atoms with Crippen molar-refractivity contribution in [3.05, 3.63) is 30.1 Å². The second kappa shape index (κ2) is 7.51. The zero-order valence-electron chi connectivity index (χ0n) is 13.0. The molecule has 1 aromatic carbocycles. The van der Waals surface area contributed by atoms with Crippen LogP contribution in [0.2, 0.25) is 0 Å².